The van der Waals surface area contributed by atoms with E-state index in [1.54, 1.807) is 6.92 Å². The van der Waals surface area contributed by atoms with Crippen LogP contribution in [-0.2, 0) is 4.79 Å². The van der Waals surface area contributed by atoms with E-state index >= 15 is 0 Å². The molecule has 19 heavy (non-hydrogen) atoms. The standard InChI is InChI=1S/C12H14F3NO3/c1-8(17)2-7-11(18)16-9-3-5-10(6-4-9)19-12(13,14)15/h3-6,8,17H,2,7H2,1H3,(H,16,18). The second-order valence-corrected chi connectivity index (χ2v) is 4.01. The summed E-state index contributed by atoms with van der Waals surface area (Å²) in [6.45, 7) is 1.57. The Bertz CT molecular complexity index is 415. The van der Waals surface area contributed by atoms with Gasteiger partial charge >= 0.3 is 6.36 Å². The lowest BCUT2D eigenvalue weighted by molar-refractivity contribution is -0.274. The minimum atomic E-state index is -4.73. The molecular formula is C12H14F3NO3. The Morgan fingerprint density at radius 1 is 1.37 bits per heavy atom. The van der Waals surface area contributed by atoms with Crippen LogP contribution in [0, 0.1) is 0 Å². The Morgan fingerprint density at radius 3 is 2.42 bits per heavy atom. The number of carbonyl (C=O) groups is 1. The van der Waals surface area contributed by atoms with Crippen LogP contribution in [0.5, 0.6) is 5.75 Å². The van der Waals surface area contributed by atoms with Gasteiger partial charge in [-0.15, -0.1) is 13.2 Å². The zero-order chi connectivity index (χ0) is 14.5. The molecule has 1 unspecified atom stereocenters. The third-order valence-corrected chi connectivity index (χ3v) is 2.16. The summed E-state index contributed by atoms with van der Waals surface area (Å²) in [6.07, 6.45) is -4.85. The molecule has 1 atom stereocenters. The van der Waals surface area contributed by atoms with E-state index in [1.807, 2.05) is 0 Å². The maximum Gasteiger partial charge on any atom is 0.573 e. The number of hydrogen-bond acceptors (Lipinski definition) is 3. The maximum absolute atomic E-state index is 11.9. The van der Waals surface area contributed by atoms with Gasteiger partial charge in [0.2, 0.25) is 5.91 Å². The van der Waals surface area contributed by atoms with Crippen LogP contribution in [-0.4, -0.2) is 23.5 Å². The van der Waals surface area contributed by atoms with Gasteiger partial charge in [0.15, 0.2) is 0 Å². The van der Waals surface area contributed by atoms with Crippen molar-refractivity contribution in [2.75, 3.05) is 5.32 Å². The molecule has 4 nitrogen and oxygen atoms in total. The Morgan fingerprint density at radius 2 is 1.95 bits per heavy atom. The van der Waals surface area contributed by atoms with Gasteiger partial charge in [-0.2, -0.15) is 0 Å². The average Bonchev–Trinajstić information content (AvgIpc) is 2.27. The van der Waals surface area contributed by atoms with Crippen molar-refractivity contribution in [3.05, 3.63) is 24.3 Å². The number of aliphatic hydroxyl groups is 1. The summed E-state index contributed by atoms with van der Waals surface area (Å²) in [5.74, 6) is -0.667. The summed E-state index contributed by atoms with van der Waals surface area (Å²) < 4.78 is 39.4. The van der Waals surface area contributed by atoms with Crippen molar-refractivity contribution >= 4 is 11.6 Å². The first-order valence-electron chi connectivity index (χ1n) is 5.60. The van der Waals surface area contributed by atoms with Crippen LogP contribution >= 0.6 is 0 Å². The lowest BCUT2D eigenvalue weighted by atomic mass is 10.2. The molecule has 0 radical (unpaired) electrons. The fraction of sp³-hybridized carbons (Fsp3) is 0.417. The van der Waals surface area contributed by atoms with Crippen LogP contribution < -0.4 is 10.1 Å². The molecule has 0 aliphatic rings. The van der Waals surface area contributed by atoms with E-state index in [9.17, 15) is 18.0 Å². The Labute approximate surface area is 108 Å². The van der Waals surface area contributed by atoms with Crippen molar-refractivity contribution < 1.29 is 27.8 Å². The molecule has 2 N–H and O–H groups in total. The number of nitrogens with one attached hydrogen (secondary N) is 1. The molecule has 0 fully saturated rings. The van der Waals surface area contributed by atoms with Crippen LogP contribution in [0.25, 0.3) is 0 Å². The molecule has 1 aromatic rings. The molecule has 0 heterocycles. The molecule has 7 heteroatoms. The largest absolute Gasteiger partial charge is 0.573 e. The van der Waals surface area contributed by atoms with E-state index in [-0.39, 0.29) is 18.1 Å². The van der Waals surface area contributed by atoms with Crippen molar-refractivity contribution in [3.63, 3.8) is 0 Å². The lowest BCUT2D eigenvalue weighted by Crippen LogP contribution is -2.17. The number of benzene rings is 1. The number of alkyl halides is 3. The molecule has 0 aliphatic carbocycles. The van der Waals surface area contributed by atoms with Gasteiger partial charge in [-0.1, -0.05) is 0 Å². The predicted molar refractivity (Wildman–Crippen MR) is 62.7 cm³/mol. The normalized spacial score (nSPS) is 12.9. The second-order valence-electron chi connectivity index (χ2n) is 4.01. The van der Waals surface area contributed by atoms with Crippen molar-refractivity contribution in [3.8, 4) is 5.75 Å². The molecule has 1 rings (SSSR count). The smallest absolute Gasteiger partial charge is 0.406 e. The second kappa shape index (κ2) is 6.42. The number of hydrogen-bond donors (Lipinski definition) is 2. The van der Waals surface area contributed by atoms with Crippen molar-refractivity contribution in [2.24, 2.45) is 0 Å². The number of aliphatic hydroxyl groups excluding tert-OH is 1. The number of rotatable bonds is 5. The number of amides is 1. The summed E-state index contributed by atoms with van der Waals surface area (Å²) in [5, 5.41) is 11.5. The minimum absolute atomic E-state index is 0.137. The molecule has 106 valence electrons. The van der Waals surface area contributed by atoms with Gasteiger partial charge in [-0.3, -0.25) is 4.79 Å². The van der Waals surface area contributed by atoms with Gasteiger partial charge in [0.05, 0.1) is 6.10 Å². The first-order chi connectivity index (χ1) is 8.76. The summed E-state index contributed by atoms with van der Waals surface area (Å²) >= 11 is 0. The Kier molecular flexibility index (Phi) is 5.17. The van der Waals surface area contributed by atoms with Crippen LogP contribution in [0.3, 0.4) is 0 Å². The molecule has 0 aliphatic heterocycles. The molecule has 1 amide bonds. The highest BCUT2D eigenvalue weighted by molar-refractivity contribution is 5.90. The van der Waals surface area contributed by atoms with E-state index < -0.39 is 12.5 Å². The third kappa shape index (κ3) is 6.66. The molecule has 0 aromatic heterocycles. The molecule has 0 spiro atoms. The average molecular weight is 277 g/mol. The van der Waals surface area contributed by atoms with E-state index in [2.05, 4.69) is 10.1 Å². The monoisotopic (exact) mass is 277 g/mol. The van der Waals surface area contributed by atoms with Crippen LogP contribution in [0.1, 0.15) is 19.8 Å². The van der Waals surface area contributed by atoms with Crippen molar-refractivity contribution in [1.29, 1.82) is 0 Å². The minimum Gasteiger partial charge on any atom is -0.406 e. The van der Waals surface area contributed by atoms with Crippen LogP contribution in [0.4, 0.5) is 18.9 Å². The molecule has 0 bridgehead atoms. The maximum atomic E-state index is 11.9. The molecule has 0 saturated heterocycles. The Hall–Kier alpha value is -1.76. The Balaban J connectivity index is 2.50. The zero-order valence-electron chi connectivity index (χ0n) is 10.2. The van der Waals surface area contributed by atoms with Crippen LogP contribution in [0.2, 0.25) is 0 Å². The van der Waals surface area contributed by atoms with Crippen molar-refractivity contribution in [1.82, 2.24) is 0 Å². The van der Waals surface area contributed by atoms with E-state index in [0.29, 0.717) is 12.1 Å². The first-order valence-corrected chi connectivity index (χ1v) is 5.60. The predicted octanol–water partition coefficient (Wildman–Crippen LogP) is 2.68. The first kappa shape index (κ1) is 15.3. The van der Waals surface area contributed by atoms with Gasteiger partial charge in [0.1, 0.15) is 5.75 Å². The summed E-state index contributed by atoms with van der Waals surface area (Å²) in [5.41, 5.74) is 0.366. The highest BCUT2D eigenvalue weighted by atomic mass is 19.4. The molecule has 0 saturated carbocycles. The SMILES string of the molecule is CC(O)CCC(=O)Nc1ccc(OC(F)(F)F)cc1. The number of anilines is 1. The number of halogens is 3. The fourth-order valence-electron chi connectivity index (χ4n) is 1.30. The van der Waals surface area contributed by atoms with Gasteiger partial charge in [-0.25, -0.2) is 0 Å². The number of carbonyl (C=O) groups excluding carboxylic acids is 1. The zero-order valence-corrected chi connectivity index (χ0v) is 10.2. The van der Waals surface area contributed by atoms with E-state index in [0.717, 1.165) is 12.1 Å². The van der Waals surface area contributed by atoms with Gasteiger partial charge in [0, 0.05) is 12.1 Å². The van der Waals surface area contributed by atoms with E-state index in [1.165, 1.54) is 12.1 Å². The fourth-order valence-corrected chi connectivity index (χ4v) is 1.30. The highest BCUT2D eigenvalue weighted by Crippen LogP contribution is 2.23. The van der Waals surface area contributed by atoms with Crippen molar-refractivity contribution in [2.45, 2.75) is 32.2 Å². The molecule has 1 aromatic carbocycles. The van der Waals surface area contributed by atoms with Gasteiger partial charge in [-0.05, 0) is 37.6 Å². The van der Waals surface area contributed by atoms with E-state index in [4.69, 9.17) is 5.11 Å². The highest BCUT2D eigenvalue weighted by Gasteiger charge is 2.30. The quantitative estimate of drug-likeness (QED) is 0.870. The molecular weight excluding hydrogens is 263 g/mol. The topological polar surface area (TPSA) is 58.6 Å². The third-order valence-electron chi connectivity index (χ3n) is 2.16. The van der Waals surface area contributed by atoms with Gasteiger partial charge in [0.25, 0.3) is 0 Å². The number of ether oxygens (including phenoxy) is 1. The lowest BCUT2D eigenvalue weighted by Gasteiger charge is -2.10. The van der Waals surface area contributed by atoms with Crippen LogP contribution in [0.15, 0.2) is 24.3 Å². The van der Waals surface area contributed by atoms with Gasteiger partial charge < -0.3 is 15.2 Å². The summed E-state index contributed by atoms with van der Waals surface area (Å²) in [7, 11) is 0. The summed E-state index contributed by atoms with van der Waals surface area (Å²) in [6, 6.07) is 4.83. The summed E-state index contributed by atoms with van der Waals surface area (Å²) in [4.78, 5) is 11.4.